The smallest absolute Gasteiger partial charge is 0.257 e. The van der Waals surface area contributed by atoms with Gasteiger partial charge in [0.05, 0.1) is 17.3 Å². The van der Waals surface area contributed by atoms with E-state index in [-0.39, 0.29) is 17.9 Å². The molecule has 1 fully saturated rings. The van der Waals surface area contributed by atoms with Crippen molar-refractivity contribution >= 4 is 11.8 Å². The van der Waals surface area contributed by atoms with Crippen LogP contribution in [0, 0.1) is 6.92 Å². The lowest BCUT2D eigenvalue weighted by molar-refractivity contribution is -0.135. The van der Waals surface area contributed by atoms with Gasteiger partial charge in [0.15, 0.2) is 5.82 Å². The molecule has 3 rings (SSSR count). The lowest BCUT2D eigenvalue weighted by Crippen LogP contribution is -2.39. The maximum atomic E-state index is 13.0. The molecule has 6 nitrogen and oxygen atoms in total. The molecule has 0 saturated carbocycles. The normalized spacial score (nSPS) is 16.4. The number of aromatic nitrogens is 2. The SMILES string of the molecule is CCN(CC)C(=O)c1cnc([C@H]2CCCCN2C(=O)CCc2ccccc2)nc1C. The first-order valence-corrected chi connectivity index (χ1v) is 11.0. The Morgan fingerprint density at radius 3 is 2.53 bits per heavy atom. The lowest BCUT2D eigenvalue weighted by Gasteiger charge is -2.35. The number of rotatable bonds is 7. The summed E-state index contributed by atoms with van der Waals surface area (Å²) in [7, 11) is 0. The van der Waals surface area contributed by atoms with Crippen LogP contribution in [0.4, 0.5) is 0 Å². The number of likely N-dealkylation sites (tertiary alicyclic amines) is 1. The Morgan fingerprint density at radius 2 is 1.87 bits per heavy atom. The average molecular weight is 409 g/mol. The number of aryl methyl sites for hydroxylation is 2. The molecule has 1 aromatic carbocycles. The standard InChI is InChI=1S/C24H32N4O2/c1-4-27(5-2)24(30)20-17-25-23(26-18(20)3)21-13-9-10-16-28(21)22(29)15-14-19-11-7-6-8-12-19/h6-8,11-12,17,21H,4-5,9-10,13-16H2,1-3H3/t21-/m1/s1. The van der Waals surface area contributed by atoms with Crippen LogP contribution < -0.4 is 0 Å². The molecule has 0 unspecified atom stereocenters. The minimum absolute atomic E-state index is 0.0384. The average Bonchev–Trinajstić information content (AvgIpc) is 2.78. The summed E-state index contributed by atoms with van der Waals surface area (Å²) in [6, 6.07) is 9.99. The third-order valence-corrected chi connectivity index (χ3v) is 5.87. The second kappa shape index (κ2) is 10.3. The van der Waals surface area contributed by atoms with Gasteiger partial charge in [-0.2, -0.15) is 0 Å². The number of hydrogen-bond donors (Lipinski definition) is 0. The number of benzene rings is 1. The topological polar surface area (TPSA) is 66.4 Å². The number of amides is 2. The van der Waals surface area contributed by atoms with E-state index in [1.165, 1.54) is 5.56 Å². The zero-order chi connectivity index (χ0) is 21.5. The molecule has 0 aliphatic carbocycles. The fraction of sp³-hybridized carbons (Fsp3) is 0.500. The van der Waals surface area contributed by atoms with E-state index in [4.69, 9.17) is 0 Å². The maximum absolute atomic E-state index is 13.0. The highest BCUT2D eigenvalue weighted by Gasteiger charge is 2.30. The molecule has 1 aliphatic rings. The van der Waals surface area contributed by atoms with E-state index in [1.54, 1.807) is 11.1 Å². The van der Waals surface area contributed by atoms with Crippen molar-refractivity contribution < 1.29 is 9.59 Å². The van der Waals surface area contributed by atoms with Gasteiger partial charge >= 0.3 is 0 Å². The van der Waals surface area contributed by atoms with Gasteiger partial charge in [0.1, 0.15) is 0 Å². The van der Waals surface area contributed by atoms with E-state index < -0.39 is 0 Å². The molecule has 0 bridgehead atoms. The first kappa shape index (κ1) is 21.9. The number of carbonyl (C=O) groups excluding carboxylic acids is 2. The molecular formula is C24H32N4O2. The van der Waals surface area contributed by atoms with Crippen molar-refractivity contribution in [1.82, 2.24) is 19.8 Å². The number of nitrogens with zero attached hydrogens (tertiary/aromatic N) is 4. The Morgan fingerprint density at radius 1 is 1.13 bits per heavy atom. The molecule has 1 aliphatic heterocycles. The van der Waals surface area contributed by atoms with Crippen molar-refractivity contribution in [1.29, 1.82) is 0 Å². The zero-order valence-corrected chi connectivity index (χ0v) is 18.3. The van der Waals surface area contributed by atoms with Gasteiger partial charge in [-0.15, -0.1) is 0 Å². The molecule has 1 aromatic heterocycles. The first-order chi connectivity index (χ1) is 14.5. The van der Waals surface area contributed by atoms with Crippen molar-refractivity contribution in [3.05, 3.63) is 59.2 Å². The molecule has 0 N–H and O–H groups in total. The van der Waals surface area contributed by atoms with Crippen molar-refractivity contribution in [3.8, 4) is 0 Å². The Labute approximate surface area is 179 Å². The second-order valence-corrected chi connectivity index (χ2v) is 7.79. The van der Waals surface area contributed by atoms with Crippen LogP contribution in [0.2, 0.25) is 0 Å². The van der Waals surface area contributed by atoms with Gasteiger partial charge in [0.25, 0.3) is 5.91 Å². The van der Waals surface area contributed by atoms with Crippen LogP contribution in [0.25, 0.3) is 0 Å². The Balaban J connectivity index is 1.74. The predicted octanol–water partition coefficient (Wildman–Crippen LogP) is 3.95. The fourth-order valence-corrected chi connectivity index (χ4v) is 4.07. The minimum Gasteiger partial charge on any atom is -0.339 e. The van der Waals surface area contributed by atoms with Crippen LogP contribution in [0.15, 0.2) is 36.5 Å². The van der Waals surface area contributed by atoms with Gasteiger partial charge in [-0.1, -0.05) is 30.3 Å². The third kappa shape index (κ3) is 5.04. The molecular weight excluding hydrogens is 376 g/mol. The lowest BCUT2D eigenvalue weighted by atomic mass is 9.99. The summed E-state index contributed by atoms with van der Waals surface area (Å²) in [5.41, 5.74) is 2.39. The van der Waals surface area contributed by atoms with Crippen molar-refractivity contribution in [2.24, 2.45) is 0 Å². The molecule has 30 heavy (non-hydrogen) atoms. The van der Waals surface area contributed by atoms with E-state index in [0.29, 0.717) is 36.6 Å². The molecule has 1 atom stereocenters. The number of carbonyl (C=O) groups is 2. The summed E-state index contributed by atoms with van der Waals surface area (Å²) in [6.07, 6.45) is 5.78. The van der Waals surface area contributed by atoms with E-state index in [0.717, 1.165) is 32.2 Å². The molecule has 0 spiro atoms. The molecule has 0 radical (unpaired) electrons. The van der Waals surface area contributed by atoms with E-state index in [9.17, 15) is 9.59 Å². The van der Waals surface area contributed by atoms with Gasteiger partial charge in [-0.25, -0.2) is 9.97 Å². The largest absolute Gasteiger partial charge is 0.339 e. The third-order valence-electron chi connectivity index (χ3n) is 5.87. The first-order valence-electron chi connectivity index (χ1n) is 11.0. The van der Waals surface area contributed by atoms with E-state index in [1.807, 2.05) is 43.9 Å². The van der Waals surface area contributed by atoms with Crippen molar-refractivity contribution in [2.75, 3.05) is 19.6 Å². The molecule has 6 heteroatoms. The summed E-state index contributed by atoms with van der Waals surface area (Å²) in [6.45, 7) is 7.83. The molecule has 2 heterocycles. The maximum Gasteiger partial charge on any atom is 0.257 e. The summed E-state index contributed by atoms with van der Waals surface area (Å²) in [4.78, 5) is 38.6. The quantitative estimate of drug-likeness (QED) is 0.696. The summed E-state index contributed by atoms with van der Waals surface area (Å²) in [5, 5.41) is 0. The van der Waals surface area contributed by atoms with E-state index >= 15 is 0 Å². The van der Waals surface area contributed by atoms with Crippen LogP contribution in [0.3, 0.4) is 0 Å². The van der Waals surface area contributed by atoms with Crippen LogP contribution in [0.5, 0.6) is 0 Å². The van der Waals surface area contributed by atoms with Crippen molar-refractivity contribution in [3.63, 3.8) is 0 Å². The van der Waals surface area contributed by atoms with Gasteiger partial charge in [0.2, 0.25) is 5.91 Å². The van der Waals surface area contributed by atoms with Crippen LogP contribution in [0.1, 0.15) is 73.0 Å². The van der Waals surface area contributed by atoms with Gasteiger partial charge in [-0.05, 0) is 52.0 Å². The van der Waals surface area contributed by atoms with Crippen LogP contribution in [-0.4, -0.2) is 51.2 Å². The highest BCUT2D eigenvalue weighted by Crippen LogP contribution is 2.30. The second-order valence-electron chi connectivity index (χ2n) is 7.79. The Hall–Kier alpha value is -2.76. The highest BCUT2D eigenvalue weighted by atomic mass is 16.2. The fourth-order valence-electron chi connectivity index (χ4n) is 4.07. The summed E-state index contributed by atoms with van der Waals surface area (Å²) in [5.74, 6) is 0.757. The minimum atomic E-state index is -0.113. The monoisotopic (exact) mass is 408 g/mol. The van der Waals surface area contributed by atoms with Gasteiger partial charge in [-0.3, -0.25) is 9.59 Å². The summed E-state index contributed by atoms with van der Waals surface area (Å²) < 4.78 is 0. The molecule has 160 valence electrons. The Kier molecular flexibility index (Phi) is 7.55. The molecule has 2 aromatic rings. The number of hydrogen-bond acceptors (Lipinski definition) is 4. The number of piperidine rings is 1. The zero-order valence-electron chi connectivity index (χ0n) is 18.3. The Bertz CT molecular complexity index is 865. The van der Waals surface area contributed by atoms with E-state index in [2.05, 4.69) is 22.1 Å². The highest BCUT2D eigenvalue weighted by molar-refractivity contribution is 5.94. The van der Waals surface area contributed by atoms with Crippen LogP contribution >= 0.6 is 0 Å². The molecule has 1 saturated heterocycles. The molecule has 2 amide bonds. The van der Waals surface area contributed by atoms with Crippen LogP contribution in [-0.2, 0) is 11.2 Å². The van der Waals surface area contributed by atoms with Crippen molar-refractivity contribution in [2.45, 2.75) is 58.9 Å². The summed E-state index contributed by atoms with van der Waals surface area (Å²) >= 11 is 0. The van der Waals surface area contributed by atoms with Gasteiger partial charge in [0, 0.05) is 32.3 Å². The predicted molar refractivity (Wildman–Crippen MR) is 117 cm³/mol. The van der Waals surface area contributed by atoms with Gasteiger partial charge < -0.3 is 9.80 Å².